The van der Waals surface area contributed by atoms with Gasteiger partial charge >= 0.3 is 0 Å². The lowest BCUT2D eigenvalue weighted by Gasteiger charge is -2.34. The molecule has 29 heavy (non-hydrogen) atoms. The first-order chi connectivity index (χ1) is 14.0. The van der Waals surface area contributed by atoms with E-state index < -0.39 is 0 Å². The van der Waals surface area contributed by atoms with Crippen LogP contribution in [-0.2, 0) is 0 Å². The molecule has 2 aliphatic rings. The highest BCUT2D eigenvalue weighted by Gasteiger charge is 2.26. The van der Waals surface area contributed by atoms with Crippen molar-refractivity contribution in [2.45, 2.75) is 59.8 Å². The van der Waals surface area contributed by atoms with E-state index in [2.05, 4.69) is 43.8 Å². The third-order valence-electron chi connectivity index (χ3n) is 4.81. The Morgan fingerprint density at radius 1 is 0.724 bits per heavy atom. The van der Waals surface area contributed by atoms with Crippen molar-refractivity contribution < 1.29 is 0 Å². The number of likely N-dealkylation sites (tertiary alicyclic amines) is 2. The zero-order valence-electron chi connectivity index (χ0n) is 19.7. The van der Waals surface area contributed by atoms with Crippen LogP contribution in [0.25, 0.3) is 0 Å². The van der Waals surface area contributed by atoms with Gasteiger partial charge in [-0.15, -0.1) is 0 Å². The number of nitrogens with zero attached hydrogens (tertiary/aromatic N) is 6. The molecule has 2 aromatic heterocycles. The molecule has 1 atom stereocenters. The lowest BCUT2D eigenvalue weighted by atomic mass is 10.0. The summed E-state index contributed by atoms with van der Waals surface area (Å²) in [7, 11) is 4.27. The SMILES string of the molecule is CC.CC.Cc1ccnc(C2CCN(C)C2)n1.Cc1ccnc(C2CN(C)C2)n1. The van der Waals surface area contributed by atoms with Gasteiger partial charge in [0.2, 0.25) is 0 Å². The quantitative estimate of drug-likeness (QED) is 0.757. The van der Waals surface area contributed by atoms with Crippen molar-refractivity contribution in [2.24, 2.45) is 0 Å². The molecule has 0 spiro atoms. The van der Waals surface area contributed by atoms with Crippen LogP contribution in [0.2, 0.25) is 0 Å². The summed E-state index contributed by atoms with van der Waals surface area (Å²) in [6.45, 7) is 16.5. The van der Waals surface area contributed by atoms with E-state index in [1.165, 1.54) is 13.0 Å². The molecule has 0 aromatic carbocycles. The third kappa shape index (κ3) is 8.15. The van der Waals surface area contributed by atoms with Gasteiger partial charge < -0.3 is 9.80 Å². The van der Waals surface area contributed by atoms with Gasteiger partial charge in [0.1, 0.15) is 11.6 Å². The van der Waals surface area contributed by atoms with Gasteiger partial charge in [0.15, 0.2) is 0 Å². The first-order valence-electron chi connectivity index (χ1n) is 11.0. The van der Waals surface area contributed by atoms with Gasteiger partial charge in [-0.3, -0.25) is 0 Å². The molecule has 0 amide bonds. The molecule has 2 saturated heterocycles. The maximum absolute atomic E-state index is 4.45. The van der Waals surface area contributed by atoms with Gasteiger partial charge in [-0.1, -0.05) is 27.7 Å². The van der Waals surface area contributed by atoms with E-state index in [0.29, 0.717) is 11.8 Å². The maximum Gasteiger partial charge on any atom is 0.134 e. The zero-order valence-corrected chi connectivity index (χ0v) is 19.7. The minimum Gasteiger partial charge on any atom is -0.306 e. The molecular formula is C23H40N6. The van der Waals surface area contributed by atoms with E-state index >= 15 is 0 Å². The largest absolute Gasteiger partial charge is 0.306 e. The minimum absolute atomic E-state index is 0.546. The fourth-order valence-electron chi connectivity index (χ4n) is 3.34. The van der Waals surface area contributed by atoms with Crippen molar-refractivity contribution in [1.82, 2.24) is 29.7 Å². The van der Waals surface area contributed by atoms with Crippen LogP contribution < -0.4 is 0 Å². The predicted molar refractivity (Wildman–Crippen MR) is 121 cm³/mol. The fourth-order valence-corrected chi connectivity index (χ4v) is 3.34. The summed E-state index contributed by atoms with van der Waals surface area (Å²) >= 11 is 0. The average Bonchev–Trinajstić information content (AvgIpc) is 3.16. The third-order valence-corrected chi connectivity index (χ3v) is 4.81. The molecule has 6 nitrogen and oxygen atoms in total. The van der Waals surface area contributed by atoms with E-state index in [4.69, 9.17) is 0 Å². The van der Waals surface area contributed by atoms with E-state index in [1.54, 1.807) is 0 Å². The molecule has 2 aromatic rings. The molecule has 1 unspecified atom stereocenters. The Balaban J connectivity index is 0.000000248. The number of rotatable bonds is 2. The molecule has 0 N–H and O–H groups in total. The zero-order chi connectivity index (χ0) is 21.8. The summed E-state index contributed by atoms with van der Waals surface area (Å²) in [5.41, 5.74) is 2.13. The van der Waals surface area contributed by atoms with Gasteiger partial charge in [0.05, 0.1) is 0 Å². The van der Waals surface area contributed by atoms with Gasteiger partial charge in [0, 0.05) is 55.3 Å². The van der Waals surface area contributed by atoms with E-state index in [1.807, 2.05) is 66.1 Å². The lowest BCUT2D eigenvalue weighted by Crippen LogP contribution is -2.42. The van der Waals surface area contributed by atoms with Gasteiger partial charge in [0.25, 0.3) is 0 Å². The standard InChI is InChI=1S/C10H15N3.C9H13N3.2C2H6/c1-8-3-5-11-10(12-8)9-4-6-13(2)7-9;1-7-3-4-10-9(11-7)8-5-12(2)6-8;2*1-2/h3,5,9H,4,6-7H2,1-2H3;3-4,8H,5-6H2,1-2H3;2*1-2H3. The van der Waals surface area contributed by atoms with Crippen LogP contribution in [0.15, 0.2) is 24.5 Å². The molecule has 2 aliphatic heterocycles. The fraction of sp³-hybridized carbons (Fsp3) is 0.652. The van der Waals surface area contributed by atoms with E-state index in [-0.39, 0.29) is 0 Å². The highest BCUT2D eigenvalue weighted by atomic mass is 15.2. The van der Waals surface area contributed by atoms with Crippen molar-refractivity contribution in [3.05, 3.63) is 47.6 Å². The lowest BCUT2D eigenvalue weighted by molar-refractivity contribution is 0.183. The summed E-state index contributed by atoms with van der Waals surface area (Å²) in [6.07, 6.45) is 4.89. The summed E-state index contributed by atoms with van der Waals surface area (Å²) in [6, 6.07) is 3.88. The minimum atomic E-state index is 0.546. The van der Waals surface area contributed by atoms with Crippen LogP contribution >= 0.6 is 0 Å². The summed E-state index contributed by atoms with van der Waals surface area (Å²) in [5.74, 6) is 3.14. The number of aryl methyl sites for hydroxylation is 2. The first kappa shape index (κ1) is 25.1. The Morgan fingerprint density at radius 3 is 1.55 bits per heavy atom. The molecule has 0 radical (unpaired) electrons. The number of hydrogen-bond donors (Lipinski definition) is 0. The number of hydrogen-bond acceptors (Lipinski definition) is 6. The highest BCUT2D eigenvalue weighted by Crippen LogP contribution is 2.23. The topological polar surface area (TPSA) is 58.0 Å². The Morgan fingerprint density at radius 2 is 1.17 bits per heavy atom. The van der Waals surface area contributed by atoms with Gasteiger partial charge in [-0.2, -0.15) is 0 Å². The molecule has 0 bridgehead atoms. The molecule has 162 valence electrons. The average molecular weight is 401 g/mol. The van der Waals surface area contributed by atoms with Crippen molar-refractivity contribution in [1.29, 1.82) is 0 Å². The van der Waals surface area contributed by atoms with Crippen LogP contribution in [0.3, 0.4) is 0 Å². The first-order valence-corrected chi connectivity index (χ1v) is 11.0. The normalized spacial score (nSPS) is 19.0. The molecular weight excluding hydrogens is 360 g/mol. The Bertz CT molecular complexity index is 699. The van der Waals surface area contributed by atoms with Crippen molar-refractivity contribution >= 4 is 0 Å². The maximum atomic E-state index is 4.45. The van der Waals surface area contributed by atoms with E-state index in [9.17, 15) is 0 Å². The van der Waals surface area contributed by atoms with Crippen LogP contribution in [0.4, 0.5) is 0 Å². The van der Waals surface area contributed by atoms with Crippen molar-refractivity contribution in [2.75, 3.05) is 40.3 Å². The molecule has 6 heteroatoms. The van der Waals surface area contributed by atoms with Crippen LogP contribution in [0.1, 0.15) is 69.0 Å². The second-order valence-corrected chi connectivity index (χ2v) is 7.28. The second kappa shape index (κ2) is 13.3. The van der Waals surface area contributed by atoms with Gasteiger partial charge in [-0.05, 0) is 53.0 Å². The van der Waals surface area contributed by atoms with Gasteiger partial charge in [-0.25, -0.2) is 19.9 Å². The molecule has 2 fully saturated rings. The van der Waals surface area contributed by atoms with Crippen LogP contribution in [0, 0.1) is 13.8 Å². The Labute approximate surface area is 177 Å². The molecule has 0 saturated carbocycles. The molecule has 4 heterocycles. The van der Waals surface area contributed by atoms with E-state index in [0.717, 1.165) is 42.7 Å². The predicted octanol–water partition coefficient (Wildman–Crippen LogP) is 4.07. The van der Waals surface area contributed by atoms with Crippen LogP contribution in [-0.4, -0.2) is 70.0 Å². The summed E-state index contributed by atoms with van der Waals surface area (Å²) in [4.78, 5) is 22.0. The number of likely N-dealkylation sites (N-methyl/N-ethyl adjacent to an activating group) is 2. The second-order valence-electron chi connectivity index (χ2n) is 7.28. The van der Waals surface area contributed by atoms with Crippen molar-refractivity contribution in [3.8, 4) is 0 Å². The molecule has 4 rings (SSSR count). The highest BCUT2D eigenvalue weighted by molar-refractivity contribution is 5.08. The monoisotopic (exact) mass is 400 g/mol. The van der Waals surface area contributed by atoms with Crippen molar-refractivity contribution in [3.63, 3.8) is 0 Å². The number of aromatic nitrogens is 4. The van der Waals surface area contributed by atoms with Crippen LogP contribution in [0.5, 0.6) is 0 Å². The molecule has 0 aliphatic carbocycles. The smallest absolute Gasteiger partial charge is 0.134 e. The Kier molecular flexibility index (Phi) is 11.5. The summed E-state index contributed by atoms with van der Waals surface area (Å²) in [5, 5.41) is 0. The summed E-state index contributed by atoms with van der Waals surface area (Å²) < 4.78 is 0. The Hall–Kier alpha value is -1.92.